The molecule has 0 aliphatic carbocycles. The second-order valence-electron chi connectivity index (χ2n) is 5.89. The van der Waals surface area contributed by atoms with E-state index in [2.05, 4.69) is 5.43 Å². The van der Waals surface area contributed by atoms with Crippen molar-refractivity contribution in [3.8, 4) is 17.4 Å². The van der Waals surface area contributed by atoms with Gasteiger partial charge in [-0.25, -0.2) is 0 Å². The van der Waals surface area contributed by atoms with E-state index in [0.717, 1.165) is 17.0 Å². The number of aryl methyl sites for hydroxylation is 2. The van der Waals surface area contributed by atoms with Gasteiger partial charge in [0.25, 0.3) is 5.91 Å². The Kier molecular flexibility index (Phi) is 5.41. The van der Waals surface area contributed by atoms with Crippen LogP contribution < -0.4 is 5.43 Å². The maximum absolute atomic E-state index is 12.4. The fourth-order valence-corrected chi connectivity index (χ4v) is 2.83. The molecule has 2 aromatic heterocycles. The Bertz CT molecular complexity index is 1070. The Hall–Kier alpha value is -2.94. The Labute approximate surface area is 166 Å². The number of carbonyl (C=O) groups excluding carboxylic acids is 1. The summed E-state index contributed by atoms with van der Waals surface area (Å²) in [4.78, 5) is 12.4. The molecule has 0 saturated heterocycles. The van der Waals surface area contributed by atoms with Gasteiger partial charge in [-0.15, -0.1) is 0 Å². The minimum atomic E-state index is -0.521. The molecule has 0 saturated carbocycles. The number of halogens is 2. The van der Waals surface area contributed by atoms with Gasteiger partial charge in [0.2, 0.25) is 0 Å². The van der Waals surface area contributed by atoms with Crippen molar-refractivity contribution in [1.82, 2.24) is 4.68 Å². The molecule has 1 amide bonds. The van der Waals surface area contributed by atoms with Gasteiger partial charge in [0.05, 0.1) is 10.0 Å². The number of nitrogens with one attached hydrogen (secondary N) is 1. The lowest BCUT2D eigenvalue weighted by atomic mass is 10.2. The van der Waals surface area contributed by atoms with Crippen molar-refractivity contribution < 1.29 is 9.21 Å². The molecule has 0 spiro atoms. The zero-order valence-corrected chi connectivity index (χ0v) is 16.1. The van der Waals surface area contributed by atoms with Gasteiger partial charge in [-0.3, -0.25) is 14.9 Å². The molecule has 1 N–H and O–H groups in total. The average Bonchev–Trinajstić information content (AvgIpc) is 3.23. The monoisotopic (exact) mass is 399 g/mol. The van der Waals surface area contributed by atoms with E-state index in [1.165, 1.54) is 6.08 Å². The first kappa shape index (κ1) is 18.8. The number of hydrogen-bond donors (Lipinski definition) is 1. The third kappa shape index (κ3) is 4.08. The number of hydrogen-bond acceptors (Lipinski definition) is 3. The van der Waals surface area contributed by atoms with E-state index in [1.54, 1.807) is 35.0 Å². The van der Waals surface area contributed by atoms with Gasteiger partial charge in [0.15, 0.2) is 0 Å². The van der Waals surface area contributed by atoms with Gasteiger partial charge >= 0.3 is 0 Å². The van der Waals surface area contributed by atoms with E-state index in [0.29, 0.717) is 21.6 Å². The van der Waals surface area contributed by atoms with Crippen molar-refractivity contribution in [3.05, 3.63) is 75.2 Å². The van der Waals surface area contributed by atoms with Crippen LogP contribution in [0.1, 0.15) is 17.1 Å². The fourth-order valence-electron chi connectivity index (χ4n) is 2.53. The minimum Gasteiger partial charge on any atom is -0.457 e. The maximum atomic E-state index is 12.4. The second-order valence-corrected chi connectivity index (χ2v) is 6.71. The molecule has 0 aliphatic rings. The Morgan fingerprint density at radius 2 is 1.81 bits per heavy atom. The van der Waals surface area contributed by atoms with Crippen LogP contribution in [0.15, 0.2) is 52.5 Å². The molecule has 0 atom stereocenters. The fraction of sp³-hybridized carbons (Fsp3) is 0.100. The second kappa shape index (κ2) is 7.75. The van der Waals surface area contributed by atoms with Crippen molar-refractivity contribution in [2.75, 3.05) is 5.43 Å². The highest BCUT2D eigenvalue weighted by molar-refractivity contribution is 6.42. The van der Waals surface area contributed by atoms with Crippen LogP contribution in [-0.2, 0) is 4.79 Å². The zero-order valence-electron chi connectivity index (χ0n) is 14.6. The number of furan rings is 1. The summed E-state index contributed by atoms with van der Waals surface area (Å²) in [5, 5.41) is 10.2. The van der Waals surface area contributed by atoms with Gasteiger partial charge in [-0.05, 0) is 56.3 Å². The third-order valence-corrected chi connectivity index (χ3v) is 4.71. The highest BCUT2D eigenvalue weighted by atomic mass is 35.5. The van der Waals surface area contributed by atoms with E-state index >= 15 is 0 Å². The summed E-state index contributed by atoms with van der Waals surface area (Å²) < 4.78 is 7.34. The Balaban J connectivity index is 1.84. The number of amides is 1. The van der Waals surface area contributed by atoms with Crippen LogP contribution >= 0.6 is 23.2 Å². The number of nitrogens with zero attached hydrogens (tertiary/aromatic N) is 2. The van der Waals surface area contributed by atoms with Gasteiger partial charge in [0.1, 0.15) is 23.2 Å². The number of nitriles is 1. The van der Waals surface area contributed by atoms with E-state index in [4.69, 9.17) is 27.6 Å². The van der Waals surface area contributed by atoms with Crippen LogP contribution in [0.3, 0.4) is 0 Å². The third-order valence-electron chi connectivity index (χ3n) is 3.97. The van der Waals surface area contributed by atoms with Crippen molar-refractivity contribution in [2.45, 2.75) is 13.8 Å². The predicted octanol–water partition coefficient (Wildman–Crippen LogP) is 5.35. The summed E-state index contributed by atoms with van der Waals surface area (Å²) in [6.07, 6.45) is 1.39. The van der Waals surface area contributed by atoms with Gasteiger partial charge in [-0.2, -0.15) is 5.26 Å². The largest absolute Gasteiger partial charge is 0.457 e. The smallest absolute Gasteiger partial charge is 0.280 e. The maximum Gasteiger partial charge on any atom is 0.280 e. The average molecular weight is 400 g/mol. The number of benzene rings is 1. The van der Waals surface area contributed by atoms with E-state index in [9.17, 15) is 10.1 Å². The molecule has 0 fully saturated rings. The van der Waals surface area contributed by atoms with E-state index < -0.39 is 5.91 Å². The highest BCUT2D eigenvalue weighted by Crippen LogP contribution is 2.30. The molecule has 7 heteroatoms. The van der Waals surface area contributed by atoms with Crippen molar-refractivity contribution >= 4 is 35.2 Å². The molecule has 27 heavy (non-hydrogen) atoms. The first-order chi connectivity index (χ1) is 12.9. The molecular weight excluding hydrogens is 385 g/mol. The molecule has 0 unspecified atom stereocenters. The molecule has 2 heterocycles. The Morgan fingerprint density at radius 3 is 2.44 bits per heavy atom. The lowest BCUT2D eigenvalue weighted by Crippen LogP contribution is -2.25. The van der Waals surface area contributed by atoms with Crippen LogP contribution in [0.4, 0.5) is 0 Å². The van der Waals surface area contributed by atoms with Crippen molar-refractivity contribution in [3.63, 3.8) is 0 Å². The van der Waals surface area contributed by atoms with Crippen LogP contribution in [0.25, 0.3) is 17.4 Å². The molecule has 0 radical (unpaired) electrons. The van der Waals surface area contributed by atoms with Crippen molar-refractivity contribution in [1.29, 1.82) is 5.26 Å². The standard InChI is InChI=1S/C20H15Cl2N3O2/c1-12-3-4-13(2)25(12)24-20(26)15(11-23)9-16-6-8-19(27-16)14-5-7-17(21)18(22)10-14/h3-10H,1-2H3,(H,24,26)/b15-9-. The van der Waals surface area contributed by atoms with E-state index in [-0.39, 0.29) is 5.57 Å². The molecule has 3 rings (SSSR count). The number of carbonyl (C=O) groups is 1. The van der Waals surface area contributed by atoms with Gasteiger partial charge in [0, 0.05) is 23.0 Å². The molecule has 5 nitrogen and oxygen atoms in total. The topological polar surface area (TPSA) is 71.0 Å². The summed E-state index contributed by atoms with van der Waals surface area (Å²) in [6, 6.07) is 14.2. The summed E-state index contributed by atoms with van der Waals surface area (Å²) in [5.74, 6) is 0.408. The Morgan fingerprint density at radius 1 is 1.11 bits per heavy atom. The molecule has 0 aliphatic heterocycles. The summed E-state index contributed by atoms with van der Waals surface area (Å²) in [7, 11) is 0. The van der Waals surface area contributed by atoms with Crippen molar-refractivity contribution in [2.24, 2.45) is 0 Å². The minimum absolute atomic E-state index is 0.0717. The predicted molar refractivity (Wildman–Crippen MR) is 106 cm³/mol. The highest BCUT2D eigenvalue weighted by Gasteiger charge is 2.13. The lowest BCUT2D eigenvalue weighted by Gasteiger charge is -2.10. The van der Waals surface area contributed by atoms with E-state index in [1.807, 2.05) is 32.0 Å². The first-order valence-electron chi connectivity index (χ1n) is 8.02. The van der Waals surface area contributed by atoms with Crippen LogP contribution in [-0.4, -0.2) is 10.6 Å². The zero-order chi connectivity index (χ0) is 19.6. The summed E-state index contributed by atoms with van der Waals surface area (Å²) in [5.41, 5.74) is 5.08. The number of rotatable bonds is 4. The van der Waals surface area contributed by atoms with Crippen LogP contribution in [0, 0.1) is 25.2 Å². The van der Waals surface area contributed by atoms with Crippen LogP contribution in [0.5, 0.6) is 0 Å². The normalized spacial score (nSPS) is 11.3. The molecule has 0 bridgehead atoms. The first-order valence-corrected chi connectivity index (χ1v) is 8.78. The molecule has 3 aromatic rings. The molecule has 136 valence electrons. The van der Waals surface area contributed by atoms with Crippen LogP contribution in [0.2, 0.25) is 10.0 Å². The number of aromatic nitrogens is 1. The van der Waals surface area contributed by atoms with Gasteiger partial charge < -0.3 is 4.42 Å². The SMILES string of the molecule is Cc1ccc(C)n1NC(=O)/C(C#N)=C\c1ccc(-c2ccc(Cl)c(Cl)c2)o1. The quantitative estimate of drug-likeness (QED) is 0.474. The van der Waals surface area contributed by atoms with Gasteiger partial charge in [-0.1, -0.05) is 23.2 Å². The molecular formula is C20H15Cl2N3O2. The lowest BCUT2D eigenvalue weighted by molar-refractivity contribution is -0.113. The summed E-state index contributed by atoms with van der Waals surface area (Å²) in [6.45, 7) is 3.72. The molecule has 1 aromatic carbocycles. The summed E-state index contributed by atoms with van der Waals surface area (Å²) >= 11 is 11.9.